The number of esters is 1. The molecule has 3 rings (SSSR count). The summed E-state index contributed by atoms with van der Waals surface area (Å²) in [5.74, 6) is -0.0275. The molecule has 1 amide bonds. The SMILES string of the molecule is CCc1ccc(O[C@@H](C)C(=O)Nc2sc3c(c2C(=O)OC)CCCC3)cc1. The van der Waals surface area contributed by atoms with Crippen LogP contribution in [-0.2, 0) is 28.8 Å². The van der Waals surface area contributed by atoms with E-state index in [9.17, 15) is 9.59 Å². The number of hydrogen-bond donors (Lipinski definition) is 1. The van der Waals surface area contributed by atoms with Gasteiger partial charge in [0.15, 0.2) is 6.10 Å². The number of aryl methyl sites for hydroxylation is 2. The van der Waals surface area contributed by atoms with Gasteiger partial charge in [0.05, 0.1) is 12.7 Å². The molecule has 144 valence electrons. The van der Waals surface area contributed by atoms with E-state index in [0.717, 1.165) is 37.7 Å². The second-order valence-corrected chi connectivity index (χ2v) is 7.76. The number of hydrogen-bond acceptors (Lipinski definition) is 5. The molecule has 27 heavy (non-hydrogen) atoms. The highest BCUT2D eigenvalue weighted by Gasteiger charge is 2.28. The lowest BCUT2D eigenvalue weighted by molar-refractivity contribution is -0.122. The van der Waals surface area contributed by atoms with Gasteiger partial charge in [-0.15, -0.1) is 11.3 Å². The zero-order chi connectivity index (χ0) is 19.4. The molecule has 0 bridgehead atoms. The summed E-state index contributed by atoms with van der Waals surface area (Å²) in [6.45, 7) is 3.79. The second-order valence-electron chi connectivity index (χ2n) is 6.65. The molecule has 5 nitrogen and oxygen atoms in total. The van der Waals surface area contributed by atoms with Crippen LogP contribution in [0.4, 0.5) is 5.00 Å². The Hall–Kier alpha value is -2.34. The van der Waals surface area contributed by atoms with Crippen molar-refractivity contribution in [2.24, 2.45) is 0 Å². The summed E-state index contributed by atoms with van der Waals surface area (Å²) in [5.41, 5.74) is 2.74. The van der Waals surface area contributed by atoms with Crippen LogP contribution in [0.5, 0.6) is 5.75 Å². The van der Waals surface area contributed by atoms with E-state index in [2.05, 4.69) is 12.2 Å². The van der Waals surface area contributed by atoms with Crippen LogP contribution >= 0.6 is 11.3 Å². The molecule has 0 saturated carbocycles. The second kappa shape index (κ2) is 8.57. The fourth-order valence-corrected chi connectivity index (χ4v) is 4.53. The van der Waals surface area contributed by atoms with Crippen molar-refractivity contribution in [2.75, 3.05) is 12.4 Å². The summed E-state index contributed by atoms with van der Waals surface area (Å²) in [6.07, 6.45) is 4.22. The Morgan fingerprint density at radius 3 is 2.56 bits per heavy atom. The molecule has 0 unspecified atom stereocenters. The van der Waals surface area contributed by atoms with E-state index in [0.29, 0.717) is 16.3 Å². The van der Waals surface area contributed by atoms with Gasteiger partial charge in [-0.1, -0.05) is 19.1 Å². The number of thiophene rings is 1. The third-order valence-electron chi connectivity index (χ3n) is 4.81. The fourth-order valence-electron chi connectivity index (χ4n) is 3.25. The molecule has 0 radical (unpaired) electrons. The molecule has 1 heterocycles. The molecule has 1 aliphatic carbocycles. The van der Waals surface area contributed by atoms with Crippen molar-refractivity contribution < 1.29 is 19.1 Å². The Bertz CT molecular complexity index is 825. The fraction of sp³-hybridized carbons (Fsp3) is 0.429. The van der Waals surface area contributed by atoms with Crippen LogP contribution in [-0.4, -0.2) is 25.1 Å². The van der Waals surface area contributed by atoms with Crippen LogP contribution in [0, 0.1) is 0 Å². The molecule has 1 aromatic carbocycles. The number of nitrogens with one attached hydrogen (secondary N) is 1. The van der Waals surface area contributed by atoms with Crippen LogP contribution in [0.25, 0.3) is 0 Å². The maximum Gasteiger partial charge on any atom is 0.341 e. The smallest absolute Gasteiger partial charge is 0.341 e. The Labute approximate surface area is 163 Å². The van der Waals surface area contributed by atoms with Crippen molar-refractivity contribution in [3.8, 4) is 5.75 Å². The van der Waals surface area contributed by atoms with Crippen molar-refractivity contribution in [1.82, 2.24) is 0 Å². The number of rotatable bonds is 6. The van der Waals surface area contributed by atoms with Crippen LogP contribution in [0.2, 0.25) is 0 Å². The number of fused-ring (bicyclic) bond motifs is 1. The number of anilines is 1. The highest BCUT2D eigenvalue weighted by Crippen LogP contribution is 2.38. The molecule has 6 heteroatoms. The Morgan fingerprint density at radius 1 is 1.19 bits per heavy atom. The summed E-state index contributed by atoms with van der Waals surface area (Å²) in [6, 6.07) is 7.71. The topological polar surface area (TPSA) is 64.6 Å². The van der Waals surface area contributed by atoms with E-state index in [-0.39, 0.29) is 5.91 Å². The van der Waals surface area contributed by atoms with Gasteiger partial charge >= 0.3 is 5.97 Å². The first kappa shape index (κ1) is 19.4. The van der Waals surface area contributed by atoms with E-state index in [4.69, 9.17) is 9.47 Å². The monoisotopic (exact) mass is 387 g/mol. The van der Waals surface area contributed by atoms with Gasteiger partial charge in [0.2, 0.25) is 0 Å². The van der Waals surface area contributed by atoms with Gasteiger partial charge < -0.3 is 14.8 Å². The third-order valence-corrected chi connectivity index (χ3v) is 6.02. The lowest BCUT2D eigenvalue weighted by atomic mass is 9.95. The van der Waals surface area contributed by atoms with Gasteiger partial charge in [-0.2, -0.15) is 0 Å². The summed E-state index contributed by atoms with van der Waals surface area (Å²) in [5, 5.41) is 3.44. The predicted molar refractivity (Wildman–Crippen MR) is 107 cm³/mol. The average molecular weight is 388 g/mol. The molecule has 0 fully saturated rings. The molecule has 2 aromatic rings. The number of carbonyl (C=O) groups excluding carboxylic acids is 2. The number of amides is 1. The molecule has 1 aliphatic rings. The normalized spacial score (nSPS) is 14.2. The number of benzene rings is 1. The van der Waals surface area contributed by atoms with Gasteiger partial charge in [-0.3, -0.25) is 4.79 Å². The van der Waals surface area contributed by atoms with Gasteiger partial charge in [-0.05, 0) is 62.3 Å². The molecule has 1 atom stereocenters. The van der Waals surface area contributed by atoms with Crippen LogP contribution in [0.15, 0.2) is 24.3 Å². The molecule has 0 spiro atoms. The molecular weight excluding hydrogens is 362 g/mol. The zero-order valence-electron chi connectivity index (χ0n) is 16.0. The van der Waals surface area contributed by atoms with Crippen molar-refractivity contribution in [1.29, 1.82) is 0 Å². The quantitative estimate of drug-likeness (QED) is 0.747. The third kappa shape index (κ3) is 4.33. The van der Waals surface area contributed by atoms with E-state index in [1.54, 1.807) is 6.92 Å². The predicted octanol–water partition coefficient (Wildman–Crippen LogP) is 4.38. The van der Waals surface area contributed by atoms with Crippen LogP contribution in [0.3, 0.4) is 0 Å². The number of ether oxygens (including phenoxy) is 2. The van der Waals surface area contributed by atoms with Crippen molar-refractivity contribution in [2.45, 2.75) is 52.1 Å². The zero-order valence-corrected chi connectivity index (χ0v) is 16.8. The molecule has 1 N–H and O–H groups in total. The van der Waals surface area contributed by atoms with E-state index in [1.807, 2.05) is 24.3 Å². The lowest BCUT2D eigenvalue weighted by Gasteiger charge is -2.15. The lowest BCUT2D eigenvalue weighted by Crippen LogP contribution is -2.30. The maximum absolute atomic E-state index is 12.6. The minimum absolute atomic E-state index is 0.279. The maximum atomic E-state index is 12.6. The van der Waals surface area contributed by atoms with Gasteiger partial charge in [0.1, 0.15) is 10.8 Å². The van der Waals surface area contributed by atoms with Gasteiger partial charge in [0, 0.05) is 4.88 Å². The Kier molecular flexibility index (Phi) is 6.16. The largest absolute Gasteiger partial charge is 0.481 e. The van der Waals surface area contributed by atoms with Crippen LogP contribution in [0.1, 0.15) is 53.1 Å². The molecule has 0 aliphatic heterocycles. The minimum Gasteiger partial charge on any atom is -0.481 e. The number of methoxy groups -OCH3 is 1. The molecule has 1 aromatic heterocycles. The highest BCUT2D eigenvalue weighted by atomic mass is 32.1. The molecular formula is C21H25NO4S. The summed E-state index contributed by atoms with van der Waals surface area (Å²) >= 11 is 1.47. The first-order chi connectivity index (χ1) is 13.0. The van der Waals surface area contributed by atoms with E-state index < -0.39 is 12.1 Å². The Morgan fingerprint density at radius 2 is 1.89 bits per heavy atom. The molecule has 0 saturated heterocycles. The summed E-state index contributed by atoms with van der Waals surface area (Å²) in [4.78, 5) is 26.1. The first-order valence-electron chi connectivity index (χ1n) is 9.32. The summed E-state index contributed by atoms with van der Waals surface area (Å²) in [7, 11) is 1.37. The first-order valence-corrected chi connectivity index (χ1v) is 10.1. The van der Waals surface area contributed by atoms with Gasteiger partial charge in [-0.25, -0.2) is 4.79 Å². The van der Waals surface area contributed by atoms with E-state index >= 15 is 0 Å². The van der Waals surface area contributed by atoms with Gasteiger partial charge in [0.25, 0.3) is 5.91 Å². The van der Waals surface area contributed by atoms with E-state index in [1.165, 1.54) is 28.9 Å². The Balaban J connectivity index is 1.74. The standard InChI is InChI=1S/C21H25NO4S/c1-4-14-9-11-15(12-10-14)26-13(2)19(23)22-20-18(21(24)25-3)16-7-5-6-8-17(16)27-20/h9-13H,4-8H2,1-3H3,(H,22,23)/t13-/m0/s1. The highest BCUT2D eigenvalue weighted by molar-refractivity contribution is 7.17. The summed E-state index contributed by atoms with van der Waals surface area (Å²) < 4.78 is 10.7. The van der Waals surface area contributed by atoms with Crippen molar-refractivity contribution >= 4 is 28.2 Å². The van der Waals surface area contributed by atoms with Crippen LogP contribution < -0.4 is 10.1 Å². The number of carbonyl (C=O) groups is 2. The minimum atomic E-state index is -0.679. The average Bonchev–Trinajstić information content (AvgIpc) is 3.05. The van der Waals surface area contributed by atoms with Crippen molar-refractivity contribution in [3.05, 3.63) is 45.8 Å². The van der Waals surface area contributed by atoms with Crippen molar-refractivity contribution in [3.63, 3.8) is 0 Å².